The molecule has 2 heteroatoms. The van der Waals surface area contributed by atoms with E-state index in [2.05, 4.69) is 13.8 Å². The Morgan fingerprint density at radius 1 is 0.842 bits per heavy atom. The van der Waals surface area contributed by atoms with Gasteiger partial charge in [0.05, 0.1) is 18.8 Å². The first-order chi connectivity index (χ1) is 9.20. The van der Waals surface area contributed by atoms with E-state index in [-0.39, 0.29) is 6.10 Å². The quantitative estimate of drug-likeness (QED) is 0.447. The third kappa shape index (κ3) is 14.1. The van der Waals surface area contributed by atoms with Crippen molar-refractivity contribution in [1.29, 1.82) is 0 Å². The molecule has 1 N–H and O–H groups in total. The van der Waals surface area contributed by atoms with Crippen molar-refractivity contribution in [2.75, 3.05) is 6.61 Å². The van der Waals surface area contributed by atoms with Gasteiger partial charge in [0.25, 0.3) is 0 Å². The van der Waals surface area contributed by atoms with Crippen molar-refractivity contribution in [1.82, 2.24) is 0 Å². The molecule has 0 fully saturated rings. The van der Waals surface area contributed by atoms with Crippen molar-refractivity contribution in [2.24, 2.45) is 0 Å². The number of aliphatic hydroxyl groups excluding tert-OH is 1. The predicted molar refractivity (Wildman–Crippen MR) is 83.6 cm³/mol. The Morgan fingerprint density at radius 3 is 1.84 bits per heavy atom. The van der Waals surface area contributed by atoms with Gasteiger partial charge in [0.15, 0.2) is 0 Å². The molecular formula is C17H36O2. The molecule has 0 rings (SSSR count). The van der Waals surface area contributed by atoms with Crippen molar-refractivity contribution < 1.29 is 9.84 Å². The standard InChI is InChI=1S/C17H36O2/c1-4-6-7-8-9-10-11-12-13-14-17(5-2)19-15-16(3)18/h16-18H,4-15H2,1-3H3. The number of hydrogen-bond donors (Lipinski definition) is 1. The molecule has 2 unspecified atom stereocenters. The molecule has 0 aromatic heterocycles. The molecule has 0 spiro atoms. The van der Waals surface area contributed by atoms with E-state index in [1.807, 2.05) is 0 Å². The number of ether oxygens (including phenoxy) is 1. The minimum atomic E-state index is -0.336. The fraction of sp³-hybridized carbons (Fsp3) is 1.00. The van der Waals surface area contributed by atoms with E-state index in [1.165, 1.54) is 57.8 Å². The van der Waals surface area contributed by atoms with Crippen molar-refractivity contribution in [2.45, 2.75) is 104 Å². The Morgan fingerprint density at radius 2 is 1.37 bits per heavy atom. The zero-order chi connectivity index (χ0) is 14.3. The molecule has 0 amide bonds. The summed E-state index contributed by atoms with van der Waals surface area (Å²) in [6, 6.07) is 0. The van der Waals surface area contributed by atoms with E-state index in [0.717, 1.165) is 12.8 Å². The molecule has 0 aliphatic rings. The van der Waals surface area contributed by atoms with Crippen LogP contribution in [0.15, 0.2) is 0 Å². The minimum Gasteiger partial charge on any atom is -0.391 e. The molecular weight excluding hydrogens is 236 g/mol. The molecule has 19 heavy (non-hydrogen) atoms. The van der Waals surface area contributed by atoms with Crippen LogP contribution < -0.4 is 0 Å². The van der Waals surface area contributed by atoms with Crippen molar-refractivity contribution >= 4 is 0 Å². The van der Waals surface area contributed by atoms with Gasteiger partial charge >= 0.3 is 0 Å². The lowest BCUT2D eigenvalue weighted by Crippen LogP contribution is -2.19. The first-order valence-electron chi connectivity index (χ1n) is 8.50. The highest BCUT2D eigenvalue weighted by Crippen LogP contribution is 2.14. The summed E-state index contributed by atoms with van der Waals surface area (Å²) < 4.78 is 5.67. The summed E-state index contributed by atoms with van der Waals surface area (Å²) in [7, 11) is 0. The Kier molecular flexibility index (Phi) is 14.3. The van der Waals surface area contributed by atoms with Gasteiger partial charge in [-0.3, -0.25) is 0 Å². The van der Waals surface area contributed by atoms with Gasteiger partial charge in [-0.25, -0.2) is 0 Å². The second-order valence-corrected chi connectivity index (χ2v) is 5.83. The van der Waals surface area contributed by atoms with Gasteiger partial charge in [-0.2, -0.15) is 0 Å². The molecule has 116 valence electrons. The molecule has 0 radical (unpaired) electrons. The Hall–Kier alpha value is -0.0800. The summed E-state index contributed by atoms with van der Waals surface area (Å²) in [5.41, 5.74) is 0. The van der Waals surface area contributed by atoms with Crippen LogP contribution in [0, 0.1) is 0 Å². The number of hydrogen-bond acceptors (Lipinski definition) is 2. The van der Waals surface area contributed by atoms with Gasteiger partial charge in [0.1, 0.15) is 0 Å². The molecule has 0 aliphatic carbocycles. The largest absolute Gasteiger partial charge is 0.391 e. The molecule has 0 aromatic carbocycles. The van der Waals surface area contributed by atoms with Crippen molar-refractivity contribution in [3.63, 3.8) is 0 Å². The maximum absolute atomic E-state index is 9.20. The van der Waals surface area contributed by atoms with Crippen LogP contribution in [0.4, 0.5) is 0 Å². The summed E-state index contributed by atoms with van der Waals surface area (Å²) >= 11 is 0. The van der Waals surface area contributed by atoms with Crippen LogP contribution in [0.5, 0.6) is 0 Å². The van der Waals surface area contributed by atoms with E-state index >= 15 is 0 Å². The summed E-state index contributed by atoms with van der Waals surface area (Å²) in [5, 5.41) is 9.20. The number of aliphatic hydroxyl groups is 1. The van der Waals surface area contributed by atoms with Crippen LogP contribution in [-0.4, -0.2) is 23.9 Å². The molecule has 0 saturated heterocycles. The van der Waals surface area contributed by atoms with Crippen LogP contribution in [0.3, 0.4) is 0 Å². The molecule has 0 aromatic rings. The zero-order valence-electron chi connectivity index (χ0n) is 13.5. The van der Waals surface area contributed by atoms with E-state index in [1.54, 1.807) is 6.92 Å². The second-order valence-electron chi connectivity index (χ2n) is 5.83. The van der Waals surface area contributed by atoms with Crippen LogP contribution in [0.25, 0.3) is 0 Å². The van der Waals surface area contributed by atoms with Crippen LogP contribution in [0.2, 0.25) is 0 Å². The van der Waals surface area contributed by atoms with Crippen molar-refractivity contribution in [3.8, 4) is 0 Å². The molecule has 0 bridgehead atoms. The Labute approximate surface area is 120 Å². The Balaban J connectivity index is 3.26. The van der Waals surface area contributed by atoms with Gasteiger partial charge in [0, 0.05) is 0 Å². The molecule has 0 aliphatic heterocycles. The van der Waals surface area contributed by atoms with Gasteiger partial charge < -0.3 is 9.84 Å². The third-order valence-electron chi connectivity index (χ3n) is 3.66. The zero-order valence-corrected chi connectivity index (χ0v) is 13.5. The second kappa shape index (κ2) is 14.3. The molecule has 0 heterocycles. The van der Waals surface area contributed by atoms with E-state index < -0.39 is 0 Å². The van der Waals surface area contributed by atoms with Gasteiger partial charge in [-0.15, -0.1) is 0 Å². The fourth-order valence-electron chi connectivity index (χ4n) is 2.36. The highest BCUT2D eigenvalue weighted by molar-refractivity contribution is 4.58. The number of unbranched alkanes of at least 4 members (excludes halogenated alkanes) is 8. The predicted octanol–water partition coefficient (Wildman–Crippen LogP) is 5.08. The van der Waals surface area contributed by atoms with Crippen molar-refractivity contribution in [3.05, 3.63) is 0 Å². The normalized spacial score (nSPS) is 14.5. The third-order valence-corrected chi connectivity index (χ3v) is 3.66. The van der Waals surface area contributed by atoms with Gasteiger partial charge in [-0.05, 0) is 19.8 Å². The van der Waals surface area contributed by atoms with E-state index in [9.17, 15) is 5.11 Å². The maximum Gasteiger partial charge on any atom is 0.0745 e. The van der Waals surface area contributed by atoms with Crippen LogP contribution >= 0.6 is 0 Å². The lowest BCUT2D eigenvalue weighted by atomic mass is 10.0. The highest BCUT2D eigenvalue weighted by atomic mass is 16.5. The number of rotatable bonds is 14. The van der Waals surface area contributed by atoms with Gasteiger partial charge in [0.2, 0.25) is 0 Å². The highest BCUT2D eigenvalue weighted by Gasteiger charge is 2.07. The van der Waals surface area contributed by atoms with Crippen LogP contribution in [0.1, 0.15) is 91.4 Å². The average Bonchev–Trinajstić information content (AvgIpc) is 2.40. The molecule has 2 nitrogen and oxygen atoms in total. The lowest BCUT2D eigenvalue weighted by molar-refractivity contribution is -0.00866. The smallest absolute Gasteiger partial charge is 0.0745 e. The summed E-state index contributed by atoms with van der Waals surface area (Å²) in [4.78, 5) is 0. The SMILES string of the molecule is CCCCCCCCCCCC(CC)OCC(C)O. The first kappa shape index (κ1) is 18.9. The molecule has 0 saturated carbocycles. The summed E-state index contributed by atoms with van der Waals surface area (Å²) in [6.07, 6.45) is 14.6. The van der Waals surface area contributed by atoms with E-state index in [4.69, 9.17) is 4.74 Å². The molecule has 2 atom stereocenters. The summed E-state index contributed by atoms with van der Waals surface area (Å²) in [5.74, 6) is 0. The monoisotopic (exact) mass is 272 g/mol. The lowest BCUT2D eigenvalue weighted by Gasteiger charge is -2.17. The fourth-order valence-corrected chi connectivity index (χ4v) is 2.36. The topological polar surface area (TPSA) is 29.5 Å². The van der Waals surface area contributed by atoms with Gasteiger partial charge in [-0.1, -0.05) is 71.6 Å². The van der Waals surface area contributed by atoms with E-state index in [0.29, 0.717) is 12.7 Å². The minimum absolute atomic E-state index is 0.336. The average molecular weight is 272 g/mol. The van der Waals surface area contributed by atoms with Crippen LogP contribution in [-0.2, 0) is 4.74 Å². The summed E-state index contributed by atoms with van der Waals surface area (Å²) in [6.45, 7) is 6.70. The Bertz CT molecular complexity index is 169. The maximum atomic E-state index is 9.20. The first-order valence-corrected chi connectivity index (χ1v) is 8.50.